The zero-order valence-electron chi connectivity index (χ0n) is 13.7. The molecule has 24 heavy (non-hydrogen) atoms. The molecular weight excluding hydrogens is 322 g/mol. The summed E-state index contributed by atoms with van der Waals surface area (Å²) in [5, 5.41) is 4.77. The molecule has 3 rings (SSSR count). The first-order chi connectivity index (χ1) is 11.7. The van der Waals surface area contributed by atoms with Crippen molar-refractivity contribution in [3.8, 4) is 0 Å². The maximum atomic E-state index is 12.3. The summed E-state index contributed by atoms with van der Waals surface area (Å²) in [6.45, 7) is 2.10. The van der Waals surface area contributed by atoms with Crippen LogP contribution in [-0.4, -0.2) is 21.7 Å². The van der Waals surface area contributed by atoms with Gasteiger partial charge in [-0.05, 0) is 24.3 Å². The molecule has 0 saturated carbocycles. The van der Waals surface area contributed by atoms with Crippen molar-refractivity contribution in [1.82, 2.24) is 9.97 Å². The van der Waals surface area contributed by atoms with Gasteiger partial charge in [0.1, 0.15) is 0 Å². The Morgan fingerprint density at radius 1 is 1.38 bits per heavy atom. The van der Waals surface area contributed by atoms with Crippen LogP contribution < -0.4 is 5.32 Å². The number of nitrogens with one attached hydrogen (secondary N) is 1. The molecule has 0 radical (unpaired) electrons. The lowest BCUT2D eigenvalue weighted by Crippen LogP contribution is -2.22. The molecule has 1 N–H and O–H groups in total. The van der Waals surface area contributed by atoms with E-state index < -0.39 is 0 Å². The number of carbonyl (C=O) groups is 2. The van der Waals surface area contributed by atoms with E-state index in [1.807, 2.05) is 11.4 Å². The van der Waals surface area contributed by atoms with Crippen LogP contribution in [0.1, 0.15) is 65.9 Å². The van der Waals surface area contributed by atoms with Crippen LogP contribution in [0.15, 0.2) is 23.7 Å². The molecule has 1 atom stereocenters. The number of anilines is 1. The summed E-state index contributed by atoms with van der Waals surface area (Å²) in [6.07, 6.45) is 6.22. The molecule has 6 heteroatoms. The maximum Gasteiger partial charge on any atom is 0.229 e. The predicted molar refractivity (Wildman–Crippen MR) is 94.5 cm³/mol. The summed E-state index contributed by atoms with van der Waals surface area (Å²) in [7, 11) is 0. The second-order valence-corrected chi connectivity index (χ2v) is 7.08. The highest BCUT2D eigenvalue weighted by Crippen LogP contribution is 2.34. The van der Waals surface area contributed by atoms with E-state index in [9.17, 15) is 9.59 Å². The van der Waals surface area contributed by atoms with Gasteiger partial charge in [-0.25, -0.2) is 9.97 Å². The molecule has 0 aliphatic heterocycles. The second kappa shape index (κ2) is 7.66. The minimum atomic E-state index is -0.0691. The van der Waals surface area contributed by atoms with E-state index in [-0.39, 0.29) is 17.6 Å². The third kappa shape index (κ3) is 3.87. The number of carbonyl (C=O) groups excluding carboxylic acids is 2. The Labute approximate surface area is 145 Å². The molecular formula is C18H21N3O2S. The molecule has 0 bridgehead atoms. The van der Waals surface area contributed by atoms with Crippen molar-refractivity contribution in [3.05, 3.63) is 39.8 Å². The van der Waals surface area contributed by atoms with E-state index in [1.54, 1.807) is 17.5 Å². The Balaban J connectivity index is 1.72. The Hall–Kier alpha value is -2.08. The highest BCUT2D eigenvalue weighted by atomic mass is 32.1. The largest absolute Gasteiger partial charge is 0.295 e. The monoisotopic (exact) mass is 343 g/mol. The van der Waals surface area contributed by atoms with E-state index in [4.69, 9.17) is 0 Å². The lowest BCUT2D eigenvalue weighted by molar-refractivity contribution is -0.116. The Kier molecular flexibility index (Phi) is 5.35. The zero-order chi connectivity index (χ0) is 16.9. The third-order valence-electron chi connectivity index (χ3n) is 4.24. The SMILES string of the molecule is CCCCCC(=O)Nc1ncc2c(n1)C[C@@H](c1cccs1)CC2=O. The lowest BCUT2D eigenvalue weighted by Gasteiger charge is -2.22. The molecule has 5 nitrogen and oxygen atoms in total. The average Bonchev–Trinajstić information content (AvgIpc) is 3.09. The van der Waals surface area contributed by atoms with Crippen molar-refractivity contribution in [2.24, 2.45) is 0 Å². The number of amides is 1. The highest BCUT2D eigenvalue weighted by molar-refractivity contribution is 7.10. The van der Waals surface area contributed by atoms with Crippen molar-refractivity contribution in [3.63, 3.8) is 0 Å². The van der Waals surface area contributed by atoms with Crippen molar-refractivity contribution < 1.29 is 9.59 Å². The fourth-order valence-corrected chi connectivity index (χ4v) is 3.78. The first kappa shape index (κ1) is 16.8. The number of unbranched alkanes of at least 4 members (excludes halogenated alkanes) is 2. The topological polar surface area (TPSA) is 72.0 Å². The summed E-state index contributed by atoms with van der Waals surface area (Å²) < 4.78 is 0. The van der Waals surface area contributed by atoms with Gasteiger partial charge in [-0.2, -0.15) is 0 Å². The van der Waals surface area contributed by atoms with Crippen LogP contribution in [-0.2, 0) is 11.2 Å². The number of nitrogens with zero attached hydrogens (tertiary/aromatic N) is 2. The second-order valence-electron chi connectivity index (χ2n) is 6.10. The number of hydrogen-bond acceptors (Lipinski definition) is 5. The van der Waals surface area contributed by atoms with Gasteiger partial charge in [0.25, 0.3) is 0 Å². The van der Waals surface area contributed by atoms with E-state index in [2.05, 4.69) is 28.3 Å². The minimum Gasteiger partial charge on any atom is -0.295 e. The first-order valence-electron chi connectivity index (χ1n) is 8.39. The van der Waals surface area contributed by atoms with Gasteiger partial charge in [0, 0.05) is 29.8 Å². The highest BCUT2D eigenvalue weighted by Gasteiger charge is 2.28. The molecule has 0 spiro atoms. The van der Waals surface area contributed by atoms with E-state index in [0.29, 0.717) is 30.8 Å². The number of Topliss-reactive ketones (excluding diaryl/α,β-unsaturated/α-hetero) is 1. The fraction of sp³-hybridized carbons (Fsp3) is 0.444. The van der Waals surface area contributed by atoms with Gasteiger partial charge in [0.2, 0.25) is 11.9 Å². The maximum absolute atomic E-state index is 12.3. The van der Waals surface area contributed by atoms with Gasteiger partial charge >= 0.3 is 0 Å². The smallest absolute Gasteiger partial charge is 0.229 e. The van der Waals surface area contributed by atoms with Crippen LogP contribution in [0.4, 0.5) is 5.95 Å². The van der Waals surface area contributed by atoms with Gasteiger partial charge < -0.3 is 0 Å². The molecule has 0 fully saturated rings. The summed E-state index contributed by atoms with van der Waals surface area (Å²) in [6, 6.07) is 4.06. The number of rotatable bonds is 6. The van der Waals surface area contributed by atoms with Crippen molar-refractivity contribution in [1.29, 1.82) is 0 Å². The van der Waals surface area contributed by atoms with Gasteiger partial charge in [0.15, 0.2) is 5.78 Å². The predicted octanol–water partition coefficient (Wildman–Crippen LogP) is 3.97. The van der Waals surface area contributed by atoms with Crippen molar-refractivity contribution in [2.75, 3.05) is 5.32 Å². The number of aromatic nitrogens is 2. The number of thiophene rings is 1. The van der Waals surface area contributed by atoms with E-state index >= 15 is 0 Å². The molecule has 0 aromatic carbocycles. The molecule has 1 aliphatic carbocycles. The zero-order valence-corrected chi connectivity index (χ0v) is 14.6. The minimum absolute atomic E-state index is 0.0691. The van der Waals surface area contributed by atoms with Crippen molar-refractivity contribution >= 4 is 29.0 Å². The van der Waals surface area contributed by atoms with E-state index in [0.717, 1.165) is 25.0 Å². The Morgan fingerprint density at radius 3 is 3.00 bits per heavy atom. The molecule has 1 amide bonds. The lowest BCUT2D eigenvalue weighted by atomic mass is 9.86. The van der Waals surface area contributed by atoms with Crippen LogP contribution in [0, 0.1) is 0 Å². The molecule has 0 saturated heterocycles. The van der Waals surface area contributed by atoms with E-state index in [1.165, 1.54) is 4.88 Å². The summed E-state index contributed by atoms with van der Waals surface area (Å²) in [5.74, 6) is 0.485. The quantitative estimate of drug-likeness (QED) is 0.806. The normalized spacial score (nSPS) is 16.7. The van der Waals surface area contributed by atoms with Crippen LogP contribution >= 0.6 is 11.3 Å². The average molecular weight is 343 g/mol. The van der Waals surface area contributed by atoms with Crippen LogP contribution in [0.2, 0.25) is 0 Å². The molecule has 2 aromatic rings. The Morgan fingerprint density at radius 2 is 2.25 bits per heavy atom. The standard InChI is InChI=1S/C18H21N3O2S/c1-2-3-4-7-17(23)21-18-19-11-13-14(20-18)9-12(10-15(13)22)16-6-5-8-24-16/h5-6,8,11-12H,2-4,7,9-10H2,1H3,(H,19,20,21,23)/t12-/m1/s1. The van der Waals surface area contributed by atoms with Crippen LogP contribution in [0.5, 0.6) is 0 Å². The molecule has 0 unspecified atom stereocenters. The number of ketones is 1. The fourth-order valence-electron chi connectivity index (χ4n) is 2.95. The van der Waals surface area contributed by atoms with Gasteiger partial charge in [0.05, 0.1) is 11.3 Å². The van der Waals surface area contributed by atoms with Crippen LogP contribution in [0.3, 0.4) is 0 Å². The van der Waals surface area contributed by atoms with Gasteiger partial charge in [-0.1, -0.05) is 25.8 Å². The van der Waals surface area contributed by atoms with Crippen molar-refractivity contribution in [2.45, 2.75) is 51.4 Å². The molecule has 1 aliphatic rings. The Bertz CT molecular complexity index is 728. The molecule has 2 aromatic heterocycles. The van der Waals surface area contributed by atoms with Crippen LogP contribution in [0.25, 0.3) is 0 Å². The third-order valence-corrected chi connectivity index (χ3v) is 5.28. The number of fused-ring (bicyclic) bond motifs is 1. The van der Waals surface area contributed by atoms with Gasteiger partial charge in [-0.3, -0.25) is 14.9 Å². The summed E-state index contributed by atoms with van der Waals surface area (Å²) in [5.41, 5.74) is 1.33. The number of hydrogen-bond donors (Lipinski definition) is 1. The molecule has 126 valence electrons. The summed E-state index contributed by atoms with van der Waals surface area (Å²) in [4.78, 5) is 34.0. The summed E-state index contributed by atoms with van der Waals surface area (Å²) >= 11 is 1.67. The molecule has 2 heterocycles. The van der Waals surface area contributed by atoms with Gasteiger partial charge in [-0.15, -0.1) is 11.3 Å². The first-order valence-corrected chi connectivity index (χ1v) is 9.27.